The standard InChI is InChI=1S/C22H28ClN5O3/c1-16(29)28(9-8-26-10-12-31-13-11-26)17-6-7-27(15-17)22(30)21-14-20(24-25-21)18-4-2-3-5-19(18)23/h2-5,14,17H,6-13,15H2,1H3,(H,24,25). The van der Waals surface area contributed by atoms with Crippen LogP contribution in [0.3, 0.4) is 0 Å². The number of ether oxygens (including phenoxy) is 1. The molecule has 0 aliphatic carbocycles. The van der Waals surface area contributed by atoms with Gasteiger partial charge in [0.25, 0.3) is 5.91 Å². The average molecular weight is 446 g/mol. The summed E-state index contributed by atoms with van der Waals surface area (Å²) in [4.78, 5) is 31.3. The van der Waals surface area contributed by atoms with Crippen LogP contribution in [0.2, 0.25) is 5.02 Å². The van der Waals surface area contributed by atoms with Gasteiger partial charge in [0, 0.05) is 51.8 Å². The van der Waals surface area contributed by atoms with E-state index in [1.165, 1.54) is 0 Å². The number of aromatic nitrogens is 2. The molecule has 2 amide bonds. The summed E-state index contributed by atoms with van der Waals surface area (Å²) in [5.74, 6) is -0.0555. The second-order valence-corrected chi connectivity index (χ2v) is 8.41. The zero-order valence-electron chi connectivity index (χ0n) is 17.7. The molecule has 3 heterocycles. The maximum atomic E-state index is 13.0. The number of amides is 2. The highest BCUT2D eigenvalue weighted by molar-refractivity contribution is 6.33. The normalized spacial score (nSPS) is 19.5. The molecule has 2 saturated heterocycles. The molecule has 2 aliphatic rings. The molecule has 2 fully saturated rings. The lowest BCUT2D eigenvalue weighted by Gasteiger charge is -2.32. The van der Waals surface area contributed by atoms with E-state index in [9.17, 15) is 9.59 Å². The number of benzene rings is 1. The predicted octanol–water partition coefficient (Wildman–Crippen LogP) is 2.13. The summed E-state index contributed by atoms with van der Waals surface area (Å²) in [6.07, 6.45) is 0.778. The zero-order chi connectivity index (χ0) is 21.8. The van der Waals surface area contributed by atoms with Crippen LogP contribution in [0.5, 0.6) is 0 Å². The van der Waals surface area contributed by atoms with Crippen LogP contribution in [0, 0.1) is 0 Å². The maximum absolute atomic E-state index is 13.0. The average Bonchev–Trinajstić information content (AvgIpc) is 3.45. The van der Waals surface area contributed by atoms with Crippen LogP contribution in [-0.2, 0) is 9.53 Å². The molecule has 0 spiro atoms. The van der Waals surface area contributed by atoms with Crippen LogP contribution in [0.25, 0.3) is 11.3 Å². The highest BCUT2D eigenvalue weighted by Gasteiger charge is 2.33. The van der Waals surface area contributed by atoms with Crippen molar-refractivity contribution in [1.82, 2.24) is 24.9 Å². The van der Waals surface area contributed by atoms with E-state index in [0.717, 1.165) is 44.8 Å². The Balaban J connectivity index is 1.37. The van der Waals surface area contributed by atoms with Crippen molar-refractivity contribution in [2.24, 2.45) is 0 Å². The first-order valence-corrected chi connectivity index (χ1v) is 11.1. The van der Waals surface area contributed by atoms with Crippen LogP contribution in [0.1, 0.15) is 23.8 Å². The number of morpholine rings is 1. The topological polar surface area (TPSA) is 81.8 Å². The van der Waals surface area contributed by atoms with Gasteiger partial charge in [0.05, 0.1) is 30.0 Å². The molecule has 31 heavy (non-hydrogen) atoms. The Morgan fingerprint density at radius 3 is 2.77 bits per heavy atom. The highest BCUT2D eigenvalue weighted by Crippen LogP contribution is 2.27. The zero-order valence-corrected chi connectivity index (χ0v) is 18.5. The number of hydrogen-bond acceptors (Lipinski definition) is 5. The van der Waals surface area contributed by atoms with Gasteiger partial charge in [0.15, 0.2) is 0 Å². The van der Waals surface area contributed by atoms with Gasteiger partial charge in [-0.15, -0.1) is 0 Å². The van der Waals surface area contributed by atoms with Gasteiger partial charge in [-0.3, -0.25) is 19.6 Å². The summed E-state index contributed by atoms with van der Waals surface area (Å²) in [7, 11) is 0. The minimum absolute atomic E-state index is 0.0356. The molecule has 2 aromatic rings. The van der Waals surface area contributed by atoms with Crippen LogP contribution in [0.15, 0.2) is 30.3 Å². The number of likely N-dealkylation sites (tertiary alicyclic amines) is 1. The molecule has 166 valence electrons. The Labute approximate surface area is 187 Å². The molecular weight excluding hydrogens is 418 g/mol. The number of aromatic amines is 1. The Kier molecular flexibility index (Phi) is 6.89. The fourth-order valence-electron chi connectivity index (χ4n) is 4.26. The van der Waals surface area contributed by atoms with E-state index < -0.39 is 0 Å². The molecular formula is C22H28ClN5O3. The van der Waals surface area contributed by atoms with Gasteiger partial charge in [-0.2, -0.15) is 5.10 Å². The van der Waals surface area contributed by atoms with Crippen molar-refractivity contribution < 1.29 is 14.3 Å². The van der Waals surface area contributed by atoms with Crippen LogP contribution in [-0.4, -0.2) is 95.2 Å². The minimum atomic E-state index is -0.106. The van der Waals surface area contributed by atoms with Crippen molar-refractivity contribution in [3.63, 3.8) is 0 Å². The largest absolute Gasteiger partial charge is 0.379 e. The number of halogens is 1. The van der Waals surface area contributed by atoms with E-state index in [4.69, 9.17) is 16.3 Å². The molecule has 0 bridgehead atoms. The van der Waals surface area contributed by atoms with Crippen molar-refractivity contribution in [1.29, 1.82) is 0 Å². The Morgan fingerprint density at radius 1 is 1.26 bits per heavy atom. The van der Waals surface area contributed by atoms with E-state index in [2.05, 4.69) is 15.1 Å². The number of hydrogen-bond donors (Lipinski definition) is 1. The van der Waals surface area contributed by atoms with E-state index in [0.29, 0.717) is 36.0 Å². The lowest BCUT2D eigenvalue weighted by Crippen LogP contribution is -2.47. The first-order chi connectivity index (χ1) is 15.0. The van der Waals surface area contributed by atoms with Crippen LogP contribution < -0.4 is 0 Å². The minimum Gasteiger partial charge on any atom is -0.379 e. The van der Waals surface area contributed by atoms with Gasteiger partial charge >= 0.3 is 0 Å². The molecule has 1 atom stereocenters. The summed E-state index contributed by atoms with van der Waals surface area (Å²) in [6, 6.07) is 9.18. The molecule has 1 N–H and O–H groups in total. The first-order valence-electron chi connectivity index (χ1n) is 10.7. The third-order valence-corrected chi connectivity index (χ3v) is 6.34. The molecule has 0 radical (unpaired) electrons. The molecule has 2 aliphatic heterocycles. The summed E-state index contributed by atoms with van der Waals surface area (Å²) in [5, 5.41) is 7.70. The second kappa shape index (κ2) is 9.80. The van der Waals surface area contributed by atoms with Gasteiger partial charge in [0.2, 0.25) is 5.91 Å². The smallest absolute Gasteiger partial charge is 0.271 e. The highest BCUT2D eigenvalue weighted by atomic mass is 35.5. The SMILES string of the molecule is CC(=O)N(CCN1CCOCC1)C1CCN(C(=O)c2cc(-c3ccccc3Cl)n[nH]2)C1. The van der Waals surface area contributed by atoms with Crippen molar-refractivity contribution in [3.05, 3.63) is 41.0 Å². The lowest BCUT2D eigenvalue weighted by atomic mass is 10.1. The van der Waals surface area contributed by atoms with Crippen LogP contribution >= 0.6 is 11.6 Å². The fraction of sp³-hybridized carbons (Fsp3) is 0.500. The van der Waals surface area contributed by atoms with Gasteiger partial charge in [0.1, 0.15) is 5.69 Å². The quantitative estimate of drug-likeness (QED) is 0.736. The van der Waals surface area contributed by atoms with Gasteiger partial charge < -0.3 is 14.5 Å². The van der Waals surface area contributed by atoms with Crippen molar-refractivity contribution in [2.45, 2.75) is 19.4 Å². The lowest BCUT2D eigenvalue weighted by molar-refractivity contribution is -0.131. The number of carbonyl (C=O) groups excluding carboxylic acids is 2. The van der Waals surface area contributed by atoms with E-state index >= 15 is 0 Å². The van der Waals surface area contributed by atoms with Crippen molar-refractivity contribution in [3.8, 4) is 11.3 Å². The summed E-state index contributed by atoms with van der Waals surface area (Å²) >= 11 is 6.25. The Morgan fingerprint density at radius 2 is 2.03 bits per heavy atom. The number of nitrogens with zero attached hydrogens (tertiary/aromatic N) is 4. The summed E-state index contributed by atoms with van der Waals surface area (Å²) in [6.45, 7) is 7.53. The molecule has 8 nitrogen and oxygen atoms in total. The maximum Gasteiger partial charge on any atom is 0.271 e. The first kappa shape index (κ1) is 21.8. The monoisotopic (exact) mass is 445 g/mol. The molecule has 0 saturated carbocycles. The van der Waals surface area contributed by atoms with E-state index in [1.807, 2.05) is 23.1 Å². The molecule has 4 rings (SSSR count). The van der Waals surface area contributed by atoms with E-state index in [-0.39, 0.29) is 17.9 Å². The summed E-state index contributed by atoms with van der Waals surface area (Å²) < 4.78 is 5.39. The molecule has 9 heteroatoms. The third kappa shape index (κ3) is 5.08. The number of carbonyl (C=O) groups is 2. The second-order valence-electron chi connectivity index (χ2n) is 8.01. The molecule has 1 aromatic carbocycles. The number of H-pyrrole nitrogens is 1. The number of rotatable bonds is 6. The van der Waals surface area contributed by atoms with Gasteiger partial charge in [-0.1, -0.05) is 29.8 Å². The Bertz CT molecular complexity index is 927. The van der Waals surface area contributed by atoms with E-state index in [1.54, 1.807) is 24.0 Å². The molecule has 1 unspecified atom stereocenters. The van der Waals surface area contributed by atoms with Gasteiger partial charge in [-0.25, -0.2) is 0 Å². The van der Waals surface area contributed by atoms with Crippen molar-refractivity contribution in [2.75, 3.05) is 52.5 Å². The number of nitrogens with one attached hydrogen (secondary N) is 1. The fourth-order valence-corrected chi connectivity index (χ4v) is 4.49. The predicted molar refractivity (Wildman–Crippen MR) is 118 cm³/mol. The Hall–Kier alpha value is -2.42. The van der Waals surface area contributed by atoms with Gasteiger partial charge in [-0.05, 0) is 18.6 Å². The van der Waals surface area contributed by atoms with Crippen molar-refractivity contribution >= 4 is 23.4 Å². The van der Waals surface area contributed by atoms with Crippen LogP contribution in [0.4, 0.5) is 0 Å². The third-order valence-electron chi connectivity index (χ3n) is 6.01. The molecule has 1 aromatic heterocycles. The summed E-state index contributed by atoms with van der Waals surface area (Å²) in [5.41, 5.74) is 1.85.